The maximum atomic E-state index is 12.8. The number of piperidine rings is 1. The van der Waals surface area contributed by atoms with Crippen molar-refractivity contribution in [1.29, 1.82) is 0 Å². The van der Waals surface area contributed by atoms with E-state index in [-0.39, 0.29) is 11.5 Å². The number of para-hydroxylation sites is 1. The van der Waals surface area contributed by atoms with E-state index in [1.165, 1.54) is 6.42 Å². The Morgan fingerprint density at radius 2 is 2.00 bits per heavy atom. The first-order valence-electron chi connectivity index (χ1n) is 8.83. The Morgan fingerprint density at radius 3 is 2.68 bits per heavy atom. The van der Waals surface area contributed by atoms with Crippen LogP contribution in [0.15, 0.2) is 35.1 Å². The summed E-state index contributed by atoms with van der Waals surface area (Å²) in [7, 11) is 1.83. The average molecular weight is 342 g/mol. The van der Waals surface area contributed by atoms with Gasteiger partial charge in [-0.05, 0) is 44.4 Å². The van der Waals surface area contributed by atoms with Crippen molar-refractivity contribution < 1.29 is 4.79 Å². The minimum absolute atomic E-state index is 0.125. The fraction of sp³-hybridized carbons (Fsp3) is 0.474. The van der Waals surface area contributed by atoms with Crippen LogP contribution in [0.5, 0.6) is 0 Å². The number of likely N-dealkylation sites (tertiary alicyclic amines) is 1. The highest BCUT2D eigenvalue weighted by molar-refractivity contribution is 5.92. The second-order valence-corrected chi connectivity index (χ2v) is 6.97. The molecule has 1 aliphatic heterocycles. The van der Waals surface area contributed by atoms with Crippen molar-refractivity contribution in [3.05, 3.63) is 46.4 Å². The van der Waals surface area contributed by atoms with Gasteiger partial charge in [0.1, 0.15) is 5.69 Å². The van der Waals surface area contributed by atoms with Crippen LogP contribution < -0.4 is 10.9 Å². The molecular formula is C19H26N4O2. The van der Waals surface area contributed by atoms with E-state index in [9.17, 15) is 9.59 Å². The summed E-state index contributed by atoms with van der Waals surface area (Å²) in [5.74, 6) is 0.496. The molecule has 1 aromatic heterocycles. The van der Waals surface area contributed by atoms with Gasteiger partial charge in [-0.15, -0.1) is 0 Å². The summed E-state index contributed by atoms with van der Waals surface area (Å²) >= 11 is 0. The Hall–Kier alpha value is -2.34. The summed E-state index contributed by atoms with van der Waals surface area (Å²) < 4.78 is 3.35. The number of hydrogen-bond donors (Lipinski definition) is 1. The summed E-state index contributed by atoms with van der Waals surface area (Å²) in [6.07, 6.45) is 2.34. The third kappa shape index (κ3) is 3.69. The van der Waals surface area contributed by atoms with Gasteiger partial charge in [0.2, 0.25) is 5.91 Å². The predicted octanol–water partition coefficient (Wildman–Crippen LogP) is 2.15. The first-order chi connectivity index (χ1) is 12.0. The molecule has 0 aliphatic carbocycles. The smallest absolute Gasteiger partial charge is 0.295 e. The molecule has 6 nitrogen and oxygen atoms in total. The lowest BCUT2D eigenvalue weighted by atomic mass is 10.0. The van der Waals surface area contributed by atoms with E-state index in [0.29, 0.717) is 18.2 Å². The zero-order valence-electron chi connectivity index (χ0n) is 15.2. The molecule has 1 atom stereocenters. The fourth-order valence-corrected chi connectivity index (χ4v) is 3.52. The molecule has 134 valence electrons. The molecule has 0 spiro atoms. The molecule has 1 fully saturated rings. The number of carbonyl (C=O) groups excluding carboxylic acids is 1. The number of aromatic nitrogens is 2. The van der Waals surface area contributed by atoms with Gasteiger partial charge in [0, 0.05) is 13.6 Å². The molecule has 1 aromatic carbocycles. The van der Waals surface area contributed by atoms with Gasteiger partial charge in [-0.3, -0.25) is 19.2 Å². The van der Waals surface area contributed by atoms with Crippen LogP contribution in [0.2, 0.25) is 0 Å². The van der Waals surface area contributed by atoms with Gasteiger partial charge in [0.05, 0.1) is 17.9 Å². The topological polar surface area (TPSA) is 59.3 Å². The van der Waals surface area contributed by atoms with Crippen molar-refractivity contribution in [3.63, 3.8) is 0 Å². The van der Waals surface area contributed by atoms with E-state index < -0.39 is 0 Å². The lowest BCUT2D eigenvalue weighted by molar-refractivity contribution is -0.117. The first-order valence-corrected chi connectivity index (χ1v) is 8.83. The normalized spacial score (nSPS) is 18.3. The van der Waals surface area contributed by atoms with Crippen LogP contribution in [0, 0.1) is 12.8 Å². The lowest BCUT2D eigenvalue weighted by Gasteiger charge is -2.30. The van der Waals surface area contributed by atoms with Gasteiger partial charge in [-0.1, -0.05) is 25.1 Å². The molecule has 25 heavy (non-hydrogen) atoms. The first kappa shape index (κ1) is 17.5. The Kier molecular flexibility index (Phi) is 5.08. The molecule has 1 unspecified atom stereocenters. The van der Waals surface area contributed by atoms with Crippen molar-refractivity contribution in [2.24, 2.45) is 13.0 Å². The minimum atomic E-state index is -0.202. The highest BCUT2D eigenvalue weighted by Gasteiger charge is 2.21. The zero-order chi connectivity index (χ0) is 18.0. The highest BCUT2D eigenvalue weighted by Crippen LogP contribution is 2.16. The minimum Gasteiger partial charge on any atom is -0.319 e. The number of hydrogen-bond acceptors (Lipinski definition) is 3. The number of amides is 1. The Morgan fingerprint density at radius 1 is 1.28 bits per heavy atom. The maximum absolute atomic E-state index is 12.8. The van der Waals surface area contributed by atoms with Crippen LogP contribution in [0.1, 0.15) is 25.5 Å². The van der Waals surface area contributed by atoms with Crippen LogP contribution >= 0.6 is 0 Å². The number of anilines is 1. The van der Waals surface area contributed by atoms with Crippen molar-refractivity contribution in [1.82, 2.24) is 14.3 Å². The van der Waals surface area contributed by atoms with Gasteiger partial charge in [-0.25, -0.2) is 4.68 Å². The zero-order valence-corrected chi connectivity index (χ0v) is 15.2. The summed E-state index contributed by atoms with van der Waals surface area (Å²) in [6.45, 7) is 6.28. The van der Waals surface area contributed by atoms with Crippen molar-refractivity contribution in [2.45, 2.75) is 26.7 Å². The van der Waals surface area contributed by atoms with Crippen LogP contribution in [-0.4, -0.2) is 39.8 Å². The van der Waals surface area contributed by atoms with E-state index in [4.69, 9.17) is 0 Å². The van der Waals surface area contributed by atoms with E-state index in [1.54, 1.807) is 9.36 Å². The SMILES string of the molecule is Cc1c(NC(=O)CN2CCCC(C)C2)c(=O)n(-c2ccccc2)n1C. The van der Waals surface area contributed by atoms with Crippen LogP contribution in [0.3, 0.4) is 0 Å². The summed E-state index contributed by atoms with van der Waals surface area (Å²) in [6, 6.07) is 9.44. The molecule has 6 heteroatoms. The molecule has 1 aliphatic rings. The van der Waals surface area contributed by atoms with Gasteiger partial charge in [0.15, 0.2) is 0 Å². The van der Waals surface area contributed by atoms with E-state index in [2.05, 4.69) is 17.1 Å². The second-order valence-electron chi connectivity index (χ2n) is 6.97. The summed E-state index contributed by atoms with van der Waals surface area (Å²) in [5.41, 5.74) is 1.69. The molecular weight excluding hydrogens is 316 g/mol. The Balaban J connectivity index is 1.79. The molecule has 2 heterocycles. The number of carbonyl (C=O) groups is 1. The molecule has 0 saturated carbocycles. The molecule has 0 radical (unpaired) electrons. The van der Waals surface area contributed by atoms with Crippen LogP contribution in [-0.2, 0) is 11.8 Å². The fourth-order valence-electron chi connectivity index (χ4n) is 3.52. The van der Waals surface area contributed by atoms with Crippen molar-refractivity contribution in [3.8, 4) is 5.69 Å². The Labute approximate surface area is 148 Å². The largest absolute Gasteiger partial charge is 0.319 e. The van der Waals surface area contributed by atoms with Gasteiger partial charge in [-0.2, -0.15) is 0 Å². The second kappa shape index (κ2) is 7.27. The third-order valence-electron chi connectivity index (χ3n) is 4.93. The monoisotopic (exact) mass is 342 g/mol. The lowest BCUT2D eigenvalue weighted by Crippen LogP contribution is -2.40. The van der Waals surface area contributed by atoms with Gasteiger partial charge < -0.3 is 5.32 Å². The van der Waals surface area contributed by atoms with Crippen LogP contribution in [0.25, 0.3) is 5.69 Å². The quantitative estimate of drug-likeness (QED) is 0.926. The molecule has 3 rings (SSSR count). The number of nitrogens with zero attached hydrogens (tertiary/aromatic N) is 3. The van der Waals surface area contributed by atoms with E-state index in [0.717, 1.165) is 30.9 Å². The van der Waals surface area contributed by atoms with Gasteiger partial charge in [0.25, 0.3) is 5.56 Å². The molecule has 0 bridgehead atoms. The van der Waals surface area contributed by atoms with Crippen molar-refractivity contribution in [2.75, 3.05) is 25.0 Å². The van der Waals surface area contributed by atoms with Gasteiger partial charge >= 0.3 is 0 Å². The molecule has 1 saturated heterocycles. The third-order valence-corrected chi connectivity index (χ3v) is 4.93. The standard InChI is InChI=1S/C19H26N4O2/c1-14-8-7-11-22(12-14)13-17(24)20-18-15(2)21(3)23(19(18)25)16-9-5-4-6-10-16/h4-6,9-10,14H,7-8,11-13H2,1-3H3,(H,20,24). The summed E-state index contributed by atoms with van der Waals surface area (Å²) in [4.78, 5) is 27.4. The molecule has 1 amide bonds. The van der Waals surface area contributed by atoms with Crippen LogP contribution in [0.4, 0.5) is 5.69 Å². The molecule has 1 N–H and O–H groups in total. The number of rotatable bonds is 4. The average Bonchev–Trinajstić information content (AvgIpc) is 2.79. The Bertz CT molecular complexity index is 807. The molecule has 2 aromatic rings. The van der Waals surface area contributed by atoms with E-state index in [1.807, 2.05) is 44.3 Å². The summed E-state index contributed by atoms with van der Waals surface area (Å²) in [5, 5.41) is 2.84. The highest BCUT2D eigenvalue weighted by atomic mass is 16.2. The number of benzene rings is 1. The van der Waals surface area contributed by atoms with E-state index >= 15 is 0 Å². The number of nitrogens with one attached hydrogen (secondary N) is 1. The predicted molar refractivity (Wildman–Crippen MR) is 99.2 cm³/mol. The maximum Gasteiger partial charge on any atom is 0.295 e. The van der Waals surface area contributed by atoms with Crippen molar-refractivity contribution >= 4 is 11.6 Å².